The zero-order valence-corrected chi connectivity index (χ0v) is 15.5. The molecule has 0 bridgehead atoms. The maximum Gasteiger partial charge on any atom is 0.259 e. The number of rotatable bonds is 3. The Morgan fingerprint density at radius 1 is 1.27 bits per heavy atom. The average Bonchev–Trinajstić information content (AvgIpc) is 2.77. The van der Waals surface area contributed by atoms with E-state index < -0.39 is 0 Å². The molecule has 2 aromatic heterocycles. The predicted molar refractivity (Wildman–Crippen MR) is 101 cm³/mol. The fourth-order valence-electron chi connectivity index (χ4n) is 2.34. The lowest BCUT2D eigenvalue weighted by Gasteiger charge is -2.14. The molecule has 0 spiro atoms. The molecule has 0 fully saturated rings. The minimum atomic E-state index is -0.0696. The topological polar surface area (TPSA) is 57.8 Å². The molecule has 0 saturated carbocycles. The molecule has 6 heteroatoms. The van der Waals surface area contributed by atoms with Crippen LogP contribution in [-0.2, 0) is 0 Å². The molecule has 22 heavy (non-hydrogen) atoms. The number of benzene rings is 1. The summed E-state index contributed by atoms with van der Waals surface area (Å²) >= 11 is 3.85. The first kappa shape index (κ1) is 15.5. The van der Waals surface area contributed by atoms with Crippen molar-refractivity contribution in [1.82, 2.24) is 9.97 Å². The molecule has 0 saturated heterocycles. The summed E-state index contributed by atoms with van der Waals surface area (Å²) < 4.78 is 1.19. The van der Waals surface area contributed by atoms with E-state index in [-0.39, 0.29) is 11.6 Å². The van der Waals surface area contributed by atoms with Gasteiger partial charge >= 0.3 is 0 Å². The van der Waals surface area contributed by atoms with E-state index in [4.69, 9.17) is 0 Å². The van der Waals surface area contributed by atoms with Gasteiger partial charge in [0.05, 0.1) is 11.4 Å². The molecule has 0 aliphatic carbocycles. The second-order valence-corrected chi connectivity index (χ2v) is 7.74. The number of thiophene rings is 1. The number of aromatic nitrogens is 2. The van der Waals surface area contributed by atoms with Crippen LogP contribution in [0.2, 0.25) is 0 Å². The zero-order valence-electron chi connectivity index (χ0n) is 12.5. The van der Waals surface area contributed by atoms with Gasteiger partial charge in [-0.3, -0.25) is 4.79 Å². The minimum absolute atomic E-state index is 0.0573. The van der Waals surface area contributed by atoms with Crippen LogP contribution >= 0.6 is 33.9 Å². The van der Waals surface area contributed by atoms with Gasteiger partial charge in [0, 0.05) is 14.1 Å². The number of aromatic amines is 1. The summed E-state index contributed by atoms with van der Waals surface area (Å²) in [6.07, 6.45) is 0. The van der Waals surface area contributed by atoms with E-state index in [1.165, 1.54) is 3.57 Å². The highest BCUT2D eigenvalue weighted by molar-refractivity contribution is 14.1. The Bertz CT molecular complexity index is 883. The van der Waals surface area contributed by atoms with Gasteiger partial charge in [-0.05, 0) is 73.2 Å². The number of aryl methyl sites for hydroxylation is 2. The molecule has 1 unspecified atom stereocenters. The van der Waals surface area contributed by atoms with E-state index in [0.29, 0.717) is 11.2 Å². The van der Waals surface area contributed by atoms with Gasteiger partial charge in [0.1, 0.15) is 10.7 Å². The Kier molecular flexibility index (Phi) is 4.22. The van der Waals surface area contributed by atoms with Crippen LogP contribution < -0.4 is 10.9 Å². The summed E-state index contributed by atoms with van der Waals surface area (Å²) in [7, 11) is 0. The lowest BCUT2D eigenvalue weighted by atomic mass is 10.2. The molecule has 2 N–H and O–H groups in total. The van der Waals surface area contributed by atoms with Crippen LogP contribution in [0.4, 0.5) is 5.69 Å². The van der Waals surface area contributed by atoms with E-state index in [1.807, 2.05) is 45.0 Å². The summed E-state index contributed by atoms with van der Waals surface area (Å²) in [4.78, 5) is 21.8. The van der Waals surface area contributed by atoms with Gasteiger partial charge in [0.2, 0.25) is 0 Å². The molecule has 2 heterocycles. The number of halogens is 1. The van der Waals surface area contributed by atoms with Crippen LogP contribution in [0.15, 0.2) is 29.1 Å². The lowest BCUT2D eigenvalue weighted by molar-refractivity contribution is 0.792. The predicted octanol–water partition coefficient (Wildman–Crippen LogP) is 4.38. The molecular formula is C16H16IN3OS. The van der Waals surface area contributed by atoms with Crippen LogP contribution in [0, 0.1) is 17.4 Å². The van der Waals surface area contributed by atoms with Gasteiger partial charge in [0.25, 0.3) is 5.56 Å². The molecule has 0 radical (unpaired) electrons. The molecule has 1 atom stereocenters. The van der Waals surface area contributed by atoms with Crippen molar-refractivity contribution in [3.8, 4) is 0 Å². The van der Waals surface area contributed by atoms with Crippen molar-refractivity contribution in [3.63, 3.8) is 0 Å². The van der Waals surface area contributed by atoms with Gasteiger partial charge in [-0.2, -0.15) is 0 Å². The first-order valence-corrected chi connectivity index (χ1v) is 8.87. The smallest absolute Gasteiger partial charge is 0.259 e. The fourth-order valence-corrected chi connectivity index (χ4v) is 3.74. The largest absolute Gasteiger partial charge is 0.375 e. The second-order valence-electron chi connectivity index (χ2n) is 5.29. The van der Waals surface area contributed by atoms with Crippen LogP contribution in [0.25, 0.3) is 10.2 Å². The van der Waals surface area contributed by atoms with E-state index in [1.54, 1.807) is 11.3 Å². The third kappa shape index (κ3) is 2.89. The zero-order chi connectivity index (χ0) is 15.9. The van der Waals surface area contributed by atoms with Gasteiger partial charge < -0.3 is 10.3 Å². The molecule has 1 aromatic carbocycles. The van der Waals surface area contributed by atoms with E-state index >= 15 is 0 Å². The van der Waals surface area contributed by atoms with Gasteiger partial charge in [-0.25, -0.2) is 4.98 Å². The van der Waals surface area contributed by atoms with Crippen molar-refractivity contribution in [3.05, 3.63) is 54.5 Å². The second kappa shape index (κ2) is 6.00. The number of hydrogen-bond acceptors (Lipinski definition) is 4. The van der Waals surface area contributed by atoms with Crippen LogP contribution in [0.3, 0.4) is 0 Å². The fraction of sp³-hybridized carbons (Fsp3) is 0.250. The Morgan fingerprint density at radius 2 is 1.95 bits per heavy atom. The van der Waals surface area contributed by atoms with E-state index in [9.17, 15) is 4.79 Å². The molecule has 0 aliphatic rings. The summed E-state index contributed by atoms with van der Waals surface area (Å²) in [5, 5.41) is 4.08. The van der Waals surface area contributed by atoms with Crippen molar-refractivity contribution in [2.24, 2.45) is 0 Å². The first-order chi connectivity index (χ1) is 10.5. The standard InChI is InChI=1S/C16H16IN3OS/c1-8-10(3)22-16-13(8)15(21)19-14(20-16)9(2)18-12-6-4-11(17)5-7-12/h4-7,9,18H,1-3H3,(H,19,20,21). The summed E-state index contributed by atoms with van der Waals surface area (Å²) in [6.45, 7) is 5.99. The summed E-state index contributed by atoms with van der Waals surface area (Å²) in [5.41, 5.74) is 1.98. The highest BCUT2D eigenvalue weighted by Gasteiger charge is 2.15. The number of anilines is 1. The molecule has 0 amide bonds. The first-order valence-electron chi connectivity index (χ1n) is 6.97. The molecule has 3 rings (SSSR count). The normalized spacial score (nSPS) is 12.5. The van der Waals surface area contributed by atoms with Crippen molar-refractivity contribution >= 4 is 49.8 Å². The van der Waals surface area contributed by atoms with Crippen molar-refractivity contribution in [2.45, 2.75) is 26.8 Å². The molecule has 3 aromatic rings. The van der Waals surface area contributed by atoms with E-state index in [2.05, 4.69) is 37.9 Å². The Hall–Kier alpha value is -1.41. The lowest BCUT2D eigenvalue weighted by Crippen LogP contribution is -2.17. The third-order valence-electron chi connectivity index (χ3n) is 3.69. The number of nitrogens with one attached hydrogen (secondary N) is 2. The van der Waals surface area contributed by atoms with Crippen LogP contribution in [0.1, 0.15) is 29.2 Å². The number of H-pyrrole nitrogens is 1. The number of hydrogen-bond donors (Lipinski definition) is 2. The molecule has 4 nitrogen and oxygen atoms in total. The molecule has 114 valence electrons. The Morgan fingerprint density at radius 3 is 2.64 bits per heavy atom. The summed E-state index contributed by atoms with van der Waals surface area (Å²) in [6, 6.07) is 8.06. The van der Waals surface area contributed by atoms with Crippen molar-refractivity contribution < 1.29 is 0 Å². The monoisotopic (exact) mass is 425 g/mol. The highest BCUT2D eigenvalue weighted by atomic mass is 127. The minimum Gasteiger partial charge on any atom is -0.375 e. The average molecular weight is 425 g/mol. The van der Waals surface area contributed by atoms with Crippen LogP contribution in [-0.4, -0.2) is 9.97 Å². The van der Waals surface area contributed by atoms with Gasteiger partial charge in [-0.15, -0.1) is 11.3 Å². The highest BCUT2D eigenvalue weighted by Crippen LogP contribution is 2.27. The number of nitrogens with zero attached hydrogens (tertiary/aromatic N) is 1. The molecule has 0 aliphatic heterocycles. The number of fused-ring (bicyclic) bond motifs is 1. The van der Waals surface area contributed by atoms with Crippen molar-refractivity contribution in [1.29, 1.82) is 0 Å². The van der Waals surface area contributed by atoms with Crippen LogP contribution in [0.5, 0.6) is 0 Å². The van der Waals surface area contributed by atoms with Gasteiger partial charge in [-0.1, -0.05) is 0 Å². The Labute approximate surface area is 146 Å². The summed E-state index contributed by atoms with van der Waals surface area (Å²) in [5.74, 6) is 0.664. The SMILES string of the molecule is Cc1sc2nc(C(C)Nc3ccc(I)cc3)[nH]c(=O)c2c1C. The van der Waals surface area contributed by atoms with E-state index in [0.717, 1.165) is 21.0 Å². The van der Waals surface area contributed by atoms with Crippen molar-refractivity contribution in [2.75, 3.05) is 5.32 Å². The van der Waals surface area contributed by atoms with Gasteiger partial charge in [0.15, 0.2) is 0 Å². The maximum atomic E-state index is 12.3. The maximum absolute atomic E-state index is 12.3. The molecular weight excluding hydrogens is 409 g/mol. The Balaban J connectivity index is 1.95. The quantitative estimate of drug-likeness (QED) is 0.613. The third-order valence-corrected chi connectivity index (χ3v) is 5.52.